The van der Waals surface area contributed by atoms with E-state index in [2.05, 4.69) is 15.3 Å². The van der Waals surface area contributed by atoms with Crippen molar-refractivity contribution < 1.29 is 0 Å². The average molecular weight is 317 g/mol. The van der Waals surface area contributed by atoms with E-state index in [0.717, 1.165) is 33.4 Å². The number of rotatable bonds is 3. The van der Waals surface area contributed by atoms with Gasteiger partial charge in [0.25, 0.3) is 0 Å². The maximum absolute atomic E-state index is 5.79. The van der Waals surface area contributed by atoms with Crippen molar-refractivity contribution in [2.24, 2.45) is 10.7 Å². The Kier molecular flexibility index (Phi) is 4.14. The van der Waals surface area contributed by atoms with E-state index >= 15 is 0 Å². The van der Waals surface area contributed by atoms with Crippen LogP contribution in [-0.4, -0.2) is 11.0 Å². The van der Waals surface area contributed by atoms with Crippen LogP contribution in [0.15, 0.2) is 53.2 Å². The zero-order valence-electron chi connectivity index (χ0n) is 11.2. The van der Waals surface area contributed by atoms with Gasteiger partial charge in [0.2, 0.25) is 4.80 Å². The Balaban J connectivity index is 1.74. The molecule has 1 aliphatic carbocycles. The van der Waals surface area contributed by atoms with Crippen LogP contribution in [0.3, 0.4) is 0 Å². The van der Waals surface area contributed by atoms with E-state index < -0.39 is 0 Å². The van der Waals surface area contributed by atoms with Crippen molar-refractivity contribution in [2.45, 2.75) is 12.5 Å². The molecule has 0 radical (unpaired) electrons. The lowest BCUT2D eigenvalue weighted by Gasteiger charge is -2.07. The van der Waals surface area contributed by atoms with Crippen molar-refractivity contribution >= 4 is 37.2 Å². The van der Waals surface area contributed by atoms with Gasteiger partial charge in [-0.2, -0.15) is 4.98 Å². The van der Waals surface area contributed by atoms with Crippen molar-refractivity contribution in [2.75, 3.05) is 11.1 Å². The monoisotopic (exact) mass is 317 g/mol. The molecule has 1 heterocycles. The summed E-state index contributed by atoms with van der Waals surface area (Å²) in [6, 6.07) is 7.65. The molecule has 1 aliphatic rings. The minimum atomic E-state index is 0.103. The highest BCUT2D eigenvalue weighted by Gasteiger charge is 2.04. The van der Waals surface area contributed by atoms with Gasteiger partial charge in [-0.15, -0.1) is 0 Å². The summed E-state index contributed by atoms with van der Waals surface area (Å²) >= 11 is 0. The van der Waals surface area contributed by atoms with Crippen molar-refractivity contribution in [3.8, 4) is 0 Å². The summed E-state index contributed by atoms with van der Waals surface area (Å²) in [4.78, 5) is 9.71. The molecule has 1 unspecified atom stereocenters. The molecule has 108 valence electrons. The van der Waals surface area contributed by atoms with Crippen molar-refractivity contribution in [3.05, 3.63) is 53.0 Å². The fraction of sp³-hybridized carbons (Fsp3) is 0.143. The number of nitrogens with zero attached hydrogens (tertiary/aromatic N) is 2. The van der Waals surface area contributed by atoms with Gasteiger partial charge in [0.1, 0.15) is 0 Å². The molecule has 2 aromatic rings. The van der Waals surface area contributed by atoms with Crippen LogP contribution in [0.4, 0.5) is 16.5 Å². The smallest absolute Gasteiger partial charge is 0.222 e. The van der Waals surface area contributed by atoms with Gasteiger partial charge in [0.15, 0.2) is 5.13 Å². The van der Waals surface area contributed by atoms with E-state index in [1.165, 1.54) is 10.3 Å². The summed E-state index contributed by atoms with van der Waals surface area (Å²) in [7, 11) is 3.09. The normalized spacial score (nSPS) is 18.6. The van der Waals surface area contributed by atoms with Crippen molar-refractivity contribution in [1.82, 2.24) is 4.98 Å². The van der Waals surface area contributed by atoms with E-state index in [0.29, 0.717) is 0 Å². The molecule has 1 atom stereocenters. The van der Waals surface area contributed by atoms with Crippen molar-refractivity contribution in [1.29, 1.82) is 0 Å². The average Bonchev–Trinajstić information content (AvgIpc) is 2.91. The van der Waals surface area contributed by atoms with Gasteiger partial charge in [0.05, 0.1) is 5.70 Å². The summed E-state index contributed by atoms with van der Waals surface area (Å²) in [6.07, 6.45) is 6.75. The highest BCUT2D eigenvalue weighted by molar-refractivity contribution is 7.69. The molecule has 0 bridgehead atoms. The lowest BCUT2D eigenvalue weighted by molar-refractivity contribution is 0.815. The lowest BCUT2D eigenvalue weighted by Crippen LogP contribution is -2.17. The molecule has 7 heteroatoms. The molecule has 0 spiro atoms. The number of anilines is 3. The quantitative estimate of drug-likeness (QED) is 0.599. The first-order chi connectivity index (χ1) is 10.2. The molecular formula is C14H15N5S2. The third kappa shape index (κ3) is 3.78. The van der Waals surface area contributed by atoms with Crippen LogP contribution in [0.1, 0.15) is 6.42 Å². The minimum Gasteiger partial charge on any atom is -0.399 e. The fourth-order valence-corrected chi connectivity index (χ4v) is 3.49. The van der Waals surface area contributed by atoms with E-state index in [-0.39, 0.29) is 6.04 Å². The van der Waals surface area contributed by atoms with E-state index in [1.54, 1.807) is 10.3 Å². The third-order valence-electron chi connectivity index (χ3n) is 2.89. The van der Waals surface area contributed by atoms with Crippen LogP contribution in [-0.2, 0) is 0 Å². The number of hydrogen-bond donors (Lipinski definition) is 3. The Morgan fingerprint density at radius 3 is 2.76 bits per heavy atom. The Morgan fingerprint density at radius 1 is 1.24 bits per heavy atom. The molecule has 0 fully saturated rings. The lowest BCUT2D eigenvalue weighted by atomic mass is 10.1. The molecular weight excluding hydrogens is 302 g/mol. The van der Waals surface area contributed by atoms with Crippen LogP contribution in [0.5, 0.6) is 0 Å². The number of nitrogens with two attached hydrogens (primary N) is 2. The molecule has 0 aliphatic heterocycles. The molecule has 1 aromatic heterocycles. The number of aromatic nitrogens is 1. The Bertz CT molecular complexity index is 739. The Labute approximate surface area is 129 Å². The van der Waals surface area contributed by atoms with Gasteiger partial charge in [-0.05, 0) is 57.4 Å². The van der Waals surface area contributed by atoms with Gasteiger partial charge < -0.3 is 16.8 Å². The topological polar surface area (TPSA) is 89.3 Å². The maximum atomic E-state index is 5.79. The zero-order valence-corrected chi connectivity index (χ0v) is 12.8. The fourth-order valence-electron chi connectivity index (χ4n) is 1.80. The molecule has 5 N–H and O–H groups in total. The first kappa shape index (κ1) is 14.0. The van der Waals surface area contributed by atoms with Crippen LogP contribution >= 0.6 is 20.7 Å². The summed E-state index contributed by atoms with van der Waals surface area (Å²) in [5.74, 6) is 0. The van der Waals surface area contributed by atoms with Gasteiger partial charge in [0, 0.05) is 17.4 Å². The van der Waals surface area contributed by atoms with E-state index in [9.17, 15) is 0 Å². The first-order valence-corrected chi connectivity index (χ1v) is 8.62. The summed E-state index contributed by atoms with van der Waals surface area (Å²) in [6.45, 7) is 0. The van der Waals surface area contributed by atoms with Crippen LogP contribution in [0, 0.1) is 0 Å². The van der Waals surface area contributed by atoms with E-state index in [1.807, 2.05) is 42.5 Å². The van der Waals surface area contributed by atoms with Gasteiger partial charge in [-0.25, -0.2) is 4.99 Å². The highest BCUT2D eigenvalue weighted by atomic mass is 32.9. The maximum Gasteiger partial charge on any atom is 0.222 e. The van der Waals surface area contributed by atoms with Gasteiger partial charge in [-0.1, -0.05) is 12.2 Å². The predicted molar refractivity (Wildman–Crippen MR) is 89.5 cm³/mol. The number of allylic oxidation sites excluding steroid dienone is 1. The summed E-state index contributed by atoms with van der Waals surface area (Å²) in [5.41, 5.74) is 14.1. The molecule has 0 amide bonds. The first-order valence-electron chi connectivity index (χ1n) is 6.47. The zero-order chi connectivity index (χ0) is 14.7. The molecule has 0 saturated heterocycles. The van der Waals surface area contributed by atoms with Gasteiger partial charge in [-0.3, -0.25) is 0 Å². The largest absolute Gasteiger partial charge is 0.399 e. The van der Waals surface area contributed by atoms with Crippen LogP contribution in [0.2, 0.25) is 0 Å². The third-order valence-corrected chi connectivity index (χ3v) is 4.83. The standard InChI is InChI=1S/C14H15N5S2/c15-9-1-5-11(6-2-9)17-13-19-14(21-20-13)18-12-7-3-10(16)4-8-12/h1-3,5-8,10H,4,15-16H2,(H,17,18,19). The van der Waals surface area contributed by atoms with Gasteiger partial charge >= 0.3 is 0 Å². The number of nitrogen functional groups attached to an aromatic ring is 1. The van der Waals surface area contributed by atoms with Crippen molar-refractivity contribution in [3.63, 3.8) is 0 Å². The second-order valence-corrected chi connectivity index (χ2v) is 6.70. The predicted octanol–water partition coefficient (Wildman–Crippen LogP) is 2.60. The molecule has 1 aromatic carbocycles. The highest BCUT2D eigenvalue weighted by Crippen LogP contribution is 2.20. The van der Waals surface area contributed by atoms with Crippen LogP contribution < -0.4 is 21.6 Å². The SMILES string of the molecule is Nc1ccc(Nc2nc(=NC3=CCC(N)C=C3)ss2)cc1. The molecule has 3 rings (SSSR count). The second kappa shape index (κ2) is 6.21. The number of nitrogens with one attached hydrogen (secondary N) is 1. The summed E-state index contributed by atoms with van der Waals surface area (Å²) in [5, 5.41) is 4.06. The second-order valence-electron chi connectivity index (χ2n) is 4.61. The van der Waals surface area contributed by atoms with Crippen LogP contribution in [0.25, 0.3) is 0 Å². The minimum absolute atomic E-state index is 0.103. The molecule has 21 heavy (non-hydrogen) atoms. The van der Waals surface area contributed by atoms with E-state index in [4.69, 9.17) is 11.5 Å². The summed E-state index contributed by atoms with van der Waals surface area (Å²) < 4.78 is 0. The molecule has 5 nitrogen and oxygen atoms in total. The number of benzene rings is 1. The number of hydrogen-bond acceptors (Lipinski definition) is 7. The Hall–Kier alpha value is -1.96. The molecule has 0 saturated carbocycles. The Morgan fingerprint density at radius 2 is 2.05 bits per heavy atom.